The zero-order chi connectivity index (χ0) is 23.8. The van der Waals surface area contributed by atoms with E-state index < -0.39 is 22.0 Å². The minimum atomic E-state index is -3.95. The van der Waals surface area contributed by atoms with Crippen molar-refractivity contribution in [2.45, 2.75) is 44.0 Å². The lowest BCUT2D eigenvalue weighted by atomic mass is 10.2. The summed E-state index contributed by atoms with van der Waals surface area (Å²) in [6, 6.07) is 8.87. The number of rotatable bonds is 5. The fourth-order valence-electron chi connectivity index (χ4n) is 4.14. The van der Waals surface area contributed by atoms with Crippen LogP contribution in [0.1, 0.15) is 30.9 Å². The SMILES string of the molecule is Cc1ccc(NC(=O)[C@H](C)NS(=O)(=O)c2ccc3c(c2)CCN3C(=O)N2CCCC2)c(Cl)c1. The first-order chi connectivity index (χ1) is 15.7. The van der Waals surface area contributed by atoms with Gasteiger partial charge in [0, 0.05) is 25.3 Å². The number of hydrogen-bond donors (Lipinski definition) is 2. The van der Waals surface area contributed by atoms with Crippen LogP contribution in [-0.2, 0) is 21.2 Å². The van der Waals surface area contributed by atoms with Gasteiger partial charge in [-0.05, 0) is 74.6 Å². The van der Waals surface area contributed by atoms with Gasteiger partial charge in [0.15, 0.2) is 0 Å². The molecule has 1 fully saturated rings. The Morgan fingerprint density at radius 1 is 1.06 bits per heavy atom. The van der Waals surface area contributed by atoms with E-state index in [1.54, 1.807) is 35.2 Å². The Hall–Kier alpha value is -2.62. The van der Waals surface area contributed by atoms with Gasteiger partial charge in [-0.2, -0.15) is 4.72 Å². The molecule has 0 bridgehead atoms. The Kier molecular flexibility index (Phi) is 6.65. The summed E-state index contributed by atoms with van der Waals surface area (Å²) in [5.41, 5.74) is 2.90. The van der Waals surface area contributed by atoms with Crippen molar-refractivity contribution in [3.8, 4) is 0 Å². The average molecular weight is 491 g/mol. The van der Waals surface area contributed by atoms with Crippen LogP contribution in [0.4, 0.5) is 16.2 Å². The molecule has 0 aromatic heterocycles. The Bertz CT molecular complexity index is 1190. The molecule has 4 rings (SSSR count). The molecule has 2 aliphatic heterocycles. The largest absolute Gasteiger partial charge is 0.324 e. The van der Waals surface area contributed by atoms with Crippen molar-refractivity contribution in [2.24, 2.45) is 0 Å². The summed E-state index contributed by atoms with van der Waals surface area (Å²) in [5.74, 6) is -0.520. The van der Waals surface area contributed by atoms with E-state index in [0.29, 0.717) is 23.7 Å². The van der Waals surface area contributed by atoms with E-state index in [0.717, 1.165) is 42.7 Å². The fourth-order valence-corrected chi connectivity index (χ4v) is 5.68. The number of urea groups is 1. The molecule has 2 heterocycles. The normalized spacial score (nSPS) is 16.6. The molecule has 0 aliphatic carbocycles. The number of carbonyl (C=O) groups excluding carboxylic acids is 2. The van der Waals surface area contributed by atoms with Crippen LogP contribution in [0.5, 0.6) is 0 Å². The molecule has 2 aliphatic rings. The second kappa shape index (κ2) is 9.32. The monoisotopic (exact) mass is 490 g/mol. The lowest BCUT2D eigenvalue weighted by Crippen LogP contribution is -2.41. The Balaban J connectivity index is 1.45. The Labute approximate surface area is 198 Å². The van der Waals surface area contributed by atoms with Crippen molar-refractivity contribution < 1.29 is 18.0 Å². The number of sulfonamides is 1. The minimum absolute atomic E-state index is 0.0277. The van der Waals surface area contributed by atoms with Gasteiger partial charge in [-0.25, -0.2) is 13.2 Å². The third-order valence-corrected chi connectivity index (χ3v) is 7.82. The zero-order valence-corrected chi connectivity index (χ0v) is 20.2. The number of aryl methyl sites for hydroxylation is 1. The third kappa shape index (κ3) is 5.00. The van der Waals surface area contributed by atoms with Crippen molar-refractivity contribution in [1.29, 1.82) is 0 Å². The minimum Gasteiger partial charge on any atom is -0.324 e. The van der Waals surface area contributed by atoms with E-state index >= 15 is 0 Å². The number of nitrogens with zero attached hydrogens (tertiary/aromatic N) is 2. The molecule has 8 nitrogen and oxygen atoms in total. The molecule has 2 N–H and O–H groups in total. The van der Waals surface area contributed by atoms with Gasteiger partial charge < -0.3 is 10.2 Å². The van der Waals surface area contributed by atoms with Crippen molar-refractivity contribution >= 4 is 44.9 Å². The van der Waals surface area contributed by atoms with E-state index in [2.05, 4.69) is 10.0 Å². The van der Waals surface area contributed by atoms with Crippen LogP contribution in [0.3, 0.4) is 0 Å². The highest BCUT2D eigenvalue weighted by Crippen LogP contribution is 2.31. The Morgan fingerprint density at radius 2 is 1.79 bits per heavy atom. The second-order valence-corrected chi connectivity index (χ2v) is 10.6. The van der Waals surface area contributed by atoms with Crippen molar-refractivity contribution in [2.75, 3.05) is 29.9 Å². The standard InChI is InChI=1S/C23H27ClN4O4S/c1-15-5-7-20(19(24)13-15)25-22(29)16(2)26-33(31,32)18-6-8-21-17(14-18)9-12-28(21)23(30)27-10-3-4-11-27/h5-8,13-14,16,26H,3-4,9-12H2,1-2H3,(H,25,29)/t16-/m0/s1. The van der Waals surface area contributed by atoms with Crippen molar-refractivity contribution in [1.82, 2.24) is 9.62 Å². The molecule has 0 saturated carbocycles. The predicted molar refractivity (Wildman–Crippen MR) is 128 cm³/mol. The number of hydrogen-bond acceptors (Lipinski definition) is 4. The summed E-state index contributed by atoms with van der Waals surface area (Å²) >= 11 is 6.15. The highest BCUT2D eigenvalue weighted by Gasteiger charge is 2.31. The van der Waals surface area contributed by atoms with E-state index in [-0.39, 0.29) is 10.9 Å². The van der Waals surface area contributed by atoms with E-state index in [9.17, 15) is 18.0 Å². The van der Waals surface area contributed by atoms with Crippen LogP contribution in [0, 0.1) is 6.92 Å². The summed E-state index contributed by atoms with van der Waals surface area (Å²) < 4.78 is 28.3. The van der Waals surface area contributed by atoms with Crippen molar-refractivity contribution in [3.05, 3.63) is 52.5 Å². The quantitative estimate of drug-likeness (QED) is 0.669. The van der Waals surface area contributed by atoms with Gasteiger partial charge in [0.2, 0.25) is 15.9 Å². The molecule has 2 aromatic rings. The van der Waals surface area contributed by atoms with Crippen LogP contribution in [0.15, 0.2) is 41.3 Å². The number of carbonyl (C=O) groups is 2. The van der Waals surface area contributed by atoms with Gasteiger partial charge in [0.1, 0.15) is 0 Å². The number of likely N-dealkylation sites (tertiary alicyclic amines) is 1. The first-order valence-corrected chi connectivity index (χ1v) is 12.8. The maximum Gasteiger partial charge on any atom is 0.324 e. The molecule has 1 saturated heterocycles. The maximum atomic E-state index is 12.9. The molecular formula is C23H27ClN4O4S. The van der Waals surface area contributed by atoms with E-state index in [4.69, 9.17) is 11.6 Å². The van der Waals surface area contributed by atoms with Crippen LogP contribution < -0.4 is 14.9 Å². The van der Waals surface area contributed by atoms with Gasteiger partial charge in [-0.1, -0.05) is 17.7 Å². The van der Waals surface area contributed by atoms with Gasteiger partial charge in [-0.15, -0.1) is 0 Å². The summed E-state index contributed by atoms with van der Waals surface area (Å²) in [6.45, 7) is 5.40. The van der Waals surface area contributed by atoms with Gasteiger partial charge in [0.05, 0.1) is 21.6 Å². The van der Waals surface area contributed by atoms with Crippen LogP contribution in [0.25, 0.3) is 0 Å². The molecule has 176 valence electrons. The number of halogens is 1. The van der Waals surface area contributed by atoms with E-state index in [1.165, 1.54) is 13.0 Å². The summed E-state index contributed by atoms with van der Waals surface area (Å²) in [6.07, 6.45) is 2.61. The summed E-state index contributed by atoms with van der Waals surface area (Å²) in [4.78, 5) is 28.9. The molecule has 0 unspecified atom stereocenters. The molecular weight excluding hydrogens is 464 g/mol. The van der Waals surface area contributed by atoms with Crippen molar-refractivity contribution in [3.63, 3.8) is 0 Å². The van der Waals surface area contributed by atoms with Crippen LogP contribution in [0.2, 0.25) is 5.02 Å². The number of benzene rings is 2. The number of nitrogens with one attached hydrogen (secondary N) is 2. The molecule has 0 spiro atoms. The fraction of sp³-hybridized carbons (Fsp3) is 0.391. The lowest BCUT2D eigenvalue weighted by Gasteiger charge is -2.24. The number of amides is 3. The van der Waals surface area contributed by atoms with Crippen LogP contribution >= 0.6 is 11.6 Å². The predicted octanol–water partition coefficient (Wildman–Crippen LogP) is 3.53. The summed E-state index contributed by atoms with van der Waals surface area (Å²) in [5, 5.41) is 3.03. The molecule has 2 aromatic carbocycles. The molecule has 10 heteroatoms. The van der Waals surface area contributed by atoms with Gasteiger partial charge in [-0.3, -0.25) is 9.69 Å². The molecule has 0 radical (unpaired) electrons. The first-order valence-electron chi connectivity index (χ1n) is 10.9. The van der Waals surface area contributed by atoms with Crippen LogP contribution in [-0.4, -0.2) is 50.9 Å². The highest BCUT2D eigenvalue weighted by atomic mass is 35.5. The van der Waals surface area contributed by atoms with Gasteiger partial charge >= 0.3 is 6.03 Å². The third-order valence-electron chi connectivity index (χ3n) is 5.97. The second-order valence-electron chi connectivity index (χ2n) is 8.48. The molecule has 33 heavy (non-hydrogen) atoms. The lowest BCUT2D eigenvalue weighted by molar-refractivity contribution is -0.117. The topological polar surface area (TPSA) is 98.8 Å². The molecule has 1 atom stereocenters. The average Bonchev–Trinajstić information content (AvgIpc) is 3.44. The summed E-state index contributed by atoms with van der Waals surface area (Å²) in [7, 11) is -3.95. The van der Waals surface area contributed by atoms with E-state index in [1.807, 2.05) is 11.8 Å². The maximum absolute atomic E-state index is 12.9. The number of fused-ring (bicyclic) bond motifs is 1. The van der Waals surface area contributed by atoms with Gasteiger partial charge in [0.25, 0.3) is 0 Å². The zero-order valence-electron chi connectivity index (χ0n) is 18.6. The first kappa shape index (κ1) is 23.5. The smallest absolute Gasteiger partial charge is 0.324 e. The number of anilines is 2. The molecule has 3 amide bonds. The Morgan fingerprint density at radius 3 is 2.48 bits per heavy atom. The highest BCUT2D eigenvalue weighted by molar-refractivity contribution is 7.89.